The van der Waals surface area contributed by atoms with Crippen molar-refractivity contribution < 1.29 is 14.4 Å². The lowest BCUT2D eigenvalue weighted by Gasteiger charge is -2.41. The number of aromatic nitrogens is 2. The van der Waals surface area contributed by atoms with E-state index in [1.54, 1.807) is 14.0 Å². The molecule has 1 aromatic heterocycles. The minimum atomic E-state index is -1.04. The average Bonchev–Trinajstić information content (AvgIpc) is 3.05. The van der Waals surface area contributed by atoms with Gasteiger partial charge in [0.25, 0.3) is 11.8 Å². The molecule has 8 nitrogen and oxygen atoms in total. The van der Waals surface area contributed by atoms with E-state index < -0.39 is 5.54 Å². The summed E-state index contributed by atoms with van der Waals surface area (Å²) in [5, 5.41) is 10.0. The van der Waals surface area contributed by atoms with E-state index in [9.17, 15) is 14.4 Å². The minimum Gasteiger partial charge on any atom is -0.351 e. The minimum absolute atomic E-state index is 0.166. The summed E-state index contributed by atoms with van der Waals surface area (Å²) in [5.41, 5.74) is -0.510. The van der Waals surface area contributed by atoms with Crippen molar-refractivity contribution in [2.75, 3.05) is 13.6 Å². The molecular weight excluding hydrogens is 334 g/mol. The van der Waals surface area contributed by atoms with Crippen LogP contribution in [-0.2, 0) is 11.3 Å². The van der Waals surface area contributed by atoms with Gasteiger partial charge < -0.3 is 15.5 Å². The first-order valence-corrected chi connectivity index (χ1v) is 9.32. The Morgan fingerprint density at radius 3 is 2.65 bits per heavy atom. The van der Waals surface area contributed by atoms with Crippen molar-refractivity contribution in [1.29, 1.82) is 0 Å². The summed E-state index contributed by atoms with van der Waals surface area (Å²) in [5.74, 6) is -0.792. The molecule has 26 heavy (non-hydrogen) atoms. The normalized spacial score (nSPS) is 23.5. The number of likely N-dealkylation sites (N-methyl/N-ethyl adjacent to an activating group) is 1. The SMILES string of the molecule is CCNC(=O)c1cc2n(n1)C[C@](C)(C(=O)NC1CCCCC1)N(C)C2=O. The van der Waals surface area contributed by atoms with Crippen molar-refractivity contribution in [2.24, 2.45) is 0 Å². The zero-order chi connectivity index (χ0) is 18.9. The lowest BCUT2D eigenvalue weighted by molar-refractivity contribution is -0.133. The molecule has 1 fully saturated rings. The first-order chi connectivity index (χ1) is 12.4. The fourth-order valence-electron chi connectivity index (χ4n) is 3.68. The zero-order valence-corrected chi connectivity index (χ0v) is 15.7. The van der Waals surface area contributed by atoms with Crippen LogP contribution in [0.4, 0.5) is 0 Å². The van der Waals surface area contributed by atoms with E-state index in [2.05, 4.69) is 15.7 Å². The Balaban J connectivity index is 1.82. The Morgan fingerprint density at radius 2 is 2.00 bits per heavy atom. The Labute approximate surface area is 153 Å². The summed E-state index contributed by atoms with van der Waals surface area (Å²) in [7, 11) is 1.63. The molecule has 142 valence electrons. The molecule has 1 aromatic rings. The van der Waals surface area contributed by atoms with E-state index in [0.717, 1.165) is 25.7 Å². The highest BCUT2D eigenvalue weighted by atomic mass is 16.2. The van der Waals surface area contributed by atoms with Crippen molar-refractivity contribution in [3.05, 3.63) is 17.5 Å². The predicted octanol–water partition coefficient (Wildman–Crippen LogP) is 0.926. The van der Waals surface area contributed by atoms with Crippen LogP contribution in [0, 0.1) is 0 Å². The molecule has 0 unspecified atom stereocenters. The number of rotatable bonds is 4. The molecule has 1 aliphatic carbocycles. The second-order valence-corrected chi connectivity index (χ2v) is 7.38. The van der Waals surface area contributed by atoms with E-state index in [1.165, 1.54) is 22.1 Å². The maximum Gasteiger partial charge on any atom is 0.272 e. The van der Waals surface area contributed by atoms with Gasteiger partial charge in [-0.15, -0.1) is 0 Å². The monoisotopic (exact) mass is 361 g/mol. The number of fused-ring (bicyclic) bond motifs is 1. The maximum atomic E-state index is 13.0. The van der Waals surface area contributed by atoms with Crippen LogP contribution in [-0.4, -0.2) is 57.6 Å². The van der Waals surface area contributed by atoms with Crippen LogP contribution in [0.15, 0.2) is 6.07 Å². The van der Waals surface area contributed by atoms with Crippen molar-refractivity contribution in [3.63, 3.8) is 0 Å². The van der Waals surface area contributed by atoms with Gasteiger partial charge in [-0.1, -0.05) is 19.3 Å². The molecule has 1 aliphatic heterocycles. The third-order valence-electron chi connectivity index (χ3n) is 5.50. The lowest BCUT2D eigenvalue weighted by Crippen LogP contribution is -2.63. The Hall–Kier alpha value is -2.38. The Bertz CT molecular complexity index is 722. The average molecular weight is 361 g/mol. The summed E-state index contributed by atoms with van der Waals surface area (Å²) in [6, 6.07) is 1.66. The van der Waals surface area contributed by atoms with E-state index in [4.69, 9.17) is 0 Å². The molecule has 0 spiro atoms. The van der Waals surface area contributed by atoms with E-state index in [1.807, 2.05) is 6.92 Å². The predicted molar refractivity (Wildman–Crippen MR) is 95.7 cm³/mol. The van der Waals surface area contributed by atoms with Gasteiger partial charge in [0.2, 0.25) is 5.91 Å². The molecule has 1 atom stereocenters. The molecule has 3 amide bonds. The third kappa shape index (κ3) is 3.20. The maximum absolute atomic E-state index is 13.0. The molecule has 0 radical (unpaired) electrons. The van der Waals surface area contributed by atoms with E-state index >= 15 is 0 Å². The number of hydrogen-bond acceptors (Lipinski definition) is 4. The van der Waals surface area contributed by atoms with Crippen LogP contribution >= 0.6 is 0 Å². The molecular formula is C18H27N5O3. The molecule has 2 heterocycles. The van der Waals surface area contributed by atoms with Gasteiger partial charge in [0.05, 0.1) is 6.54 Å². The van der Waals surface area contributed by atoms with Crippen molar-refractivity contribution in [1.82, 2.24) is 25.3 Å². The fourth-order valence-corrected chi connectivity index (χ4v) is 3.68. The Morgan fingerprint density at radius 1 is 1.31 bits per heavy atom. The number of nitrogens with one attached hydrogen (secondary N) is 2. The fraction of sp³-hybridized carbons (Fsp3) is 0.667. The number of amides is 3. The molecule has 0 saturated heterocycles. The molecule has 8 heteroatoms. The second-order valence-electron chi connectivity index (χ2n) is 7.38. The third-order valence-corrected chi connectivity index (χ3v) is 5.50. The van der Waals surface area contributed by atoms with Crippen LogP contribution in [0.5, 0.6) is 0 Å². The number of carbonyl (C=O) groups excluding carboxylic acids is 3. The summed E-state index contributed by atoms with van der Waals surface area (Å²) in [4.78, 5) is 39.2. The van der Waals surface area contributed by atoms with Gasteiger partial charge >= 0.3 is 0 Å². The molecule has 0 aromatic carbocycles. The first-order valence-electron chi connectivity index (χ1n) is 9.32. The van der Waals surface area contributed by atoms with Gasteiger partial charge in [-0.2, -0.15) is 5.10 Å². The van der Waals surface area contributed by atoms with Gasteiger partial charge in [0.1, 0.15) is 11.2 Å². The molecule has 2 aliphatic rings. The van der Waals surface area contributed by atoms with E-state index in [0.29, 0.717) is 12.2 Å². The number of hydrogen-bond donors (Lipinski definition) is 2. The number of nitrogens with zero attached hydrogens (tertiary/aromatic N) is 3. The summed E-state index contributed by atoms with van der Waals surface area (Å²) in [6.07, 6.45) is 5.41. The van der Waals surface area contributed by atoms with Crippen LogP contribution in [0.1, 0.15) is 66.9 Å². The van der Waals surface area contributed by atoms with Crippen LogP contribution in [0.3, 0.4) is 0 Å². The highest BCUT2D eigenvalue weighted by Crippen LogP contribution is 2.27. The second kappa shape index (κ2) is 7.09. The summed E-state index contributed by atoms with van der Waals surface area (Å²) < 4.78 is 1.48. The molecule has 3 rings (SSSR count). The van der Waals surface area contributed by atoms with Gasteiger partial charge in [0, 0.05) is 25.7 Å². The highest BCUT2D eigenvalue weighted by molar-refractivity contribution is 6.01. The van der Waals surface area contributed by atoms with Crippen molar-refractivity contribution >= 4 is 17.7 Å². The highest BCUT2D eigenvalue weighted by Gasteiger charge is 2.46. The Kier molecular flexibility index (Phi) is 5.02. The smallest absolute Gasteiger partial charge is 0.272 e. The van der Waals surface area contributed by atoms with Crippen molar-refractivity contribution in [2.45, 2.75) is 64.1 Å². The molecule has 2 N–H and O–H groups in total. The zero-order valence-electron chi connectivity index (χ0n) is 15.7. The lowest BCUT2D eigenvalue weighted by atomic mass is 9.92. The van der Waals surface area contributed by atoms with Gasteiger partial charge in [-0.05, 0) is 26.7 Å². The van der Waals surface area contributed by atoms with Gasteiger partial charge in [0.15, 0.2) is 5.69 Å². The van der Waals surface area contributed by atoms with E-state index in [-0.39, 0.29) is 36.0 Å². The topological polar surface area (TPSA) is 96.3 Å². The van der Waals surface area contributed by atoms with Gasteiger partial charge in [-0.25, -0.2) is 0 Å². The van der Waals surface area contributed by atoms with Crippen LogP contribution in [0.2, 0.25) is 0 Å². The standard InChI is InChI=1S/C18H27N5O3/c1-4-19-15(24)13-10-14-16(25)22(3)18(2,11-23(14)21-13)17(26)20-12-8-6-5-7-9-12/h10,12H,4-9,11H2,1-3H3,(H,19,24)(H,20,26)/t18-/m1/s1. The first kappa shape index (κ1) is 18.4. The summed E-state index contributed by atoms with van der Waals surface area (Å²) >= 11 is 0. The molecule has 0 bridgehead atoms. The van der Waals surface area contributed by atoms with Crippen molar-refractivity contribution in [3.8, 4) is 0 Å². The summed E-state index contributed by atoms with van der Waals surface area (Å²) in [6.45, 7) is 4.28. The largest absolute Gasteiger partial charge is 0.351 e. The van der Waals surface area contributed by atoms with Crippen LogP contribution in [0.25, 0.3) is 0 Å². The molecule has 1 saturated carbocycles. The quantitative estimate of drug-likeness (QED) is 0.834. The van der Waals surface area contributed by atoms with Crippen LogP contribution < -0.4 is 10.6 Å². The van der Waals surface area contributed by atoms with Gasteiger partial charge in [-0.3, -0.25) is 19.1 Å². The number of carbonyl (C=O) groups is 3.